The first-order valence-electron chi connectivity index (χ1n) is 5.59. The van der Waals surface area contributed by atoms with Crippen molar-refractivity contribution in [1.29, 1.82) is 0 Å². The zero-order valence-electron chi connectivity index (χ0n) is 9.30. The number of anilines is 1. The summed E-state index contributed by atoms with van der Waals surface area (Å²) in [4.78, 5) is 12.7. The van der Waals surface area contributed by atoms with E-state index < -0.39 is 0 Å². The molecule has 0 fully saturated rings. The summed E-state index contributed by atoms with van der Waals surface area (Å²) in [5.74, 6) is 1.61. The number of fused-ring (bicyclic) bond motifs is 1. The van der Waals surface area contributed by atoms with Gasteiger partial charge in [-0.2, -0.15) is 0 Å². The summed E-state index contributed by atoms with van der Waals surface area (Å²) in [5, 5.41) is 3.21. The lowest BCUT2D eigenvalue weighted by Crippen LogP contribution is -2.21. The Bertz CT molecular complexity index is 548. The summed E-state index contributed by atoms with van der Waals surface area (Å²) in [5.41, 5.74) is 2.48. The number of nitrogens with zero attached hydrogens (tertiary/aromatic N) is 3. The quantitative estimate of drug-likeness (QED) is 0.804. The molecule has 1 N–H and O–H groups in total. The van der Waals surface area contributed by atoms with E-state index in [9.17, 15) is 0 Å². The van der Waals surface area contributed by atoms with Gasteiger partial charge in [0.2, 0.25) is 0 Å². The van der Waals surface area contributed by atoms with Gasteiger partial charge in [-0.15, -0.1) is 0 Å². The molecule has 1 aliphatic rings. The van der Waals surface area contributed by atoms with Crippen molar-refractivity contribution in [1.82, 2.24) is 9.97 Å². The Hall–Kier alpha value is -2.23. The van der Waals surface area contributed by atoms with Crippen molar-refractivity contribution in [3.8, 4) is 0 Å². The van der Waals surface area contributed by atoms with Gasteiger partial charge in [0.1, 0.15) is 11.7 Å². The Labute approximate surface area is 99.5 Å². The lowest BCUT2D eigenvalue weighted by atomic mass is 10.0. The predicted octanol–water partition coefficient (Wildman–Crippen LogP) is 1.89. The fourth-order valence-corrected chi connectivity index (χ4v) is 1.93. The van der Waals surface area contributed by atoms with Gasteiger partial charge in [0, 0.05) is 24.5 Å². The third kappa shape index (κ3) is 2.01. The topological polar surface area (TPSA) is 50.2 Å². The second-order valence-electron chi connectivity index (χ2n) is 3.85. The molecule has 0 bridgehead atoms. The third-order valence-corrected chi connectivity index (χ3v) is 2.73. The van der Waals surface area contributed by atoms with E-state index in [1.807, 2.05) is 6.07 Å². The molecule has 0 atom stereocenters. The van der Waals surface area contributed by atoms with Crippen LogP contribution in [0.1, 0.15) is 11.1 Å². The van der Waals surface area contributed by atoms with Crippen molar-refractivity contribution in [3.05, 3.63) is 54.0 Å². The van der Waals surface area contributed by atoms with Gasteiger partial charge in [-0.25, -0.2) is 4.98 Å². The normalized spacial score (nSPS) is 13.8. The van der Waals surface area contributed by atoms with Gasteiger partial charge in [-0.3, -0.25) is 9.98 Å². The van der Waals surface area contributed by atoms with Crippen LogP contribution in [0.25, 0.3) is 0 Å². The molecule has 4 nitrogen and oxygen atoms in total. The minimum Gasteiger partial charge on any atom is -0.323 e. The molecule has 1 aromatic carbocycles. The summed E-state index contributed by atoms with van der Waals surface area (Å²) in [6, 6.07) is 8.31. The highest BCUT2D eigenvalue weighted by Gasteiger charge is 2.13. The van der Waals surface area contributed by atoms with Crippen LogP contribution in [-0.4, -0.2) is 22.3 Å². The van der Waals surface area contributed by atoms with E-state index >= 15 is 0 Å². The highest BCUT2D eigenvalue weighted by molar-refractivity contribution is 6.09. The van der Waals surface area contributed by atoms with Crippen LogP contribution in [0.4, 0.5) is 5.82 Å². The molecular weight excluding hydrogens is 212 g/mol. The van der Waals surface area contributed by atoms with Crippen LogP contribution in [0.5, 0.6) is 0 Å². The molecule has 0 aliphatic carbocycles. The monoisotopic (exact) mass is 224 g/mol. The summed E-state index contributed by atoms with van der Waals surface area (Å²) in [7, 11) is 0. The Morgan fingerprint density at radius 1 is 1.12 bits per heavy atom. The first-order chi connectivity index (χ1) is 8.43. The first kappa shape index (κ1) is 9.96. The fourth-order valence-electron chi connectivity index (χ4n) is 1.93. The van der Waals surface area contributed by atoms with Crippen molar-refractivity contribution in [2.45, 2.75) is 6.42 Å². The zero-order valence-corrected chi connectivity index (χ0v) is 9.30. The minimum atomic E-state index is 0.725. The molecule has 3 rings (SSSR count). The van der Waals surface area contributed by atoms with Gasteiger partial charge in [0.25, 0.3) is 0 Å². The van der Waals surface area contributed by atoms with Crippen molar-refractivity contribution < 1.29 is 0 Å². The maximum Gasteiger partial charge on any atom is 0.150 e. The summed E-state index contributed by atoms with van der Waals surface area (Å²) in [6.07, 6.45) is 6.01. The number of hydrogen-bond acceptors (Lipinski definition) is 4. The average molecular weight is 224 g/mol. The van der Waals surface area contributed by atoms with Crippen LogP contribution in [0, 0.1) is 0 Å². The maximum absolute atomic E-state index is 4.50. The Balaban J connectivity index is 1.92. The van der Waals surface area contributed by atoms with Gasteiger partial charge >= 0.3 is 0 Å². The number of hydrogen-bond donors (Lipinski definition) is 1. The molecule has 0 spiro atoms. The largest absolute Gasteiger partial charge is 0.323 e. The van der Waals surface area contributed by atoms with Crippen LogP contribution in [-0.2, 0) is 6.42 Å². The van der Waals surface area contributed by atoms with E-state index in [-0.39, 0.29) is 0 Å². The lowest BCUT2D eigenvalue weighted by Gasteiger charge is -2.17. The van der Waals surface area contributed by atoms with Gasteiger partial charge in [0.15, 0.2) is 0 Å². The molecule has 4 heteroatoms. The number of aliphatic imine (C=N–C) groups is 1. The van der Waals surface area contributed by atoms with Crippen LogP contribution in [0.2, 0.25) is 0 Å². The number of aromatic nitrogens is 2. The predicted molar refractivity (Wildman–Crippen MR) is 67.2 cm³/mol. The first-order valence-corrected chi connectivity index (χ1v) is 5.59. The van der Waals surface area contributed by atoms with Crippen LogP contribution in [0.15, 0.2) is 47.8 Å². The van der Waals surface area contributed by atoms with Crippen LogP contribution < -0.4 is 5.32 Å². The number of benzene rings is 1. The van der Waals surface area contributed by atoms with Crippen LogP contribution in [0.3, 0.4) is 0 Å². The van der Waals surface area contributed by atoms with Crippen molar-refractivity contribution in [2.24, 2.45) is 4.99 Å². The number of rotatable bonds is 1. The molecule has 17 heavy (non-hydrogen) atoms. The molecule has 1 aromatic heterocycles. The number of amidine groups is 1. The Morgan fingerprint density at radius 3 is 2.94 bits per heavy atom. The Morgan fingerprint density at radius 2 is 2.06 bits per heavy atom. The second kappa shape index (κ2) is 4.33. The molecule has 1 aliphatic heterocycles. The van der Waals surface area contributed by atoms with Crippen molar-refractivity contribution in [2.75, 3.05) is 11.9 Å². The smallest absolute Gasteiger partial charge is 0.150 e. The number of nitrogens with one attached hydrogen (secondary N) is 1. The lowest BCUT2D eigenvalue weighted by molar-refractivity contribution is 0.941. The van der Waals surface area contributed by atoms with E-state index in [1.165, 1.54) is 5.56 Å². The van der Waals surface area contributed by atoms with Gasteiger partial charge in [0.05, 0.1) is 6.20 Å². The Kier molecular flexibility index (Phi) is 2.54. The van der Waals surface area contributed by atoms with E-state index in [0.717, 1.165) is 30.2 Å². The maximum atomic E-state index is 4.50. The molecule has 0 unspecified atom stereocenters. The average Bonchev–Trinajstić information content (AvgIpc) is 2.40. The van der Waals surface area contributed by atoms with E-state index in [0.29, 0.717) is 0 Å². The molecule has 2 heterocycles. The molecule has 0 saturated carbocycles. The molecule has 2 aromatic rings. The van der Waals surface area contributed by atoms with Crippen molar-refractivity contribution in [3.63, 3.8) is 0 Å². The second-order valence-corrected chi connectivity index (χ2v) is 3.85. The van der Waals surface area contributed by atoms with Gasteiger partial charge < -0.3 is 5.32 Å². The summed E-state index contributed by atoms with van der Waals surface area (Å²) in [6.45, 7) is 0.819. The van der Waals surface area contributed by atoms with Gasteiger partial charge in [-0.1, -0.05) is 24.3 Å². The SMILES string of the molecule is c1ccc2c(c1)CCN=C2Nc1cnccn1. The molecule has 0 amide bonds. The van der Waals surface area contributed by atoms with Gasteiger partial charge in [-0.05, 0) is 12.0 Å². The molecular formula is C13H12N4. The molecule has 84 valence electrons. The minimum absolute atomic E-state index is 0.725. The molecule has 0 radical (unpaired) electrons. The van der Waals surface area contributed by atoms with Crippen LogP contribution >= 0.6 is 0 Å². The van der Waals surface area contributed by atoms with E-state index in [4.69, 9.17) is 0 Å². The third-order valence-electron chi connectivity index (χ3n) is 2.73. The fraction of sp³-hybridized carbons (Fsp3) is 0.154. The summed E-state index contributed by atoms with van der Waals surface area (Å²) >= 11 is 0. The molecule has 0 saturated heterocycles. The zero-order chi connectivity index (χ0) is 11.5. The highest BCUT2D eigenvalue weighted by Crippen LogP contribution is 2.16. The van der Waals surface area contributed by atoms with Crippen molar-refractivity contribution >= 4 is 11.7 Å². The van der Waals surface area contributed by atoms with E-state index in [2.05, 4.69) is 38.5 Å². The standard InChI is InChI=1S/C13H12N4/c1-2-4-11-10(3-1)5-6-16-13(11)17-12-9-14-7-8-15-12/h1-4,7-9H,5-6H2,(H,15,16,17). The van der Waals surface area contributed by atoms with E-state index in [1.54, 1.807) is 18.6 Å². The summed E-state index contributed by atoms with van der Waals surface area (Å²) < 4.78 is 0. The highest BCUT2D eigenvalue weighted by atomic mass is 15.1.